The summed E-state index contributed by atoms with van der Waals surface area (Å²) < 4.78 is 24.6. The normalized spacial score (nSPS) is 20.5. The molecular formula is C87H104N16O8. The highest BCUT2D eigenvalue weighted by atomic mass is 16.5. The molecule has 11 aromatic rings. The Morgan fingerprint density at radius 2 is 1.00 bits per heavy atom. The summed E-state index contributed by atoms with van der Waals surface area (Å²) in [5.41, 5.74) is 11.7. The molecule has 24 heteroatoms. The van der Waals surface area contributed by atoms with E-state index < -0.39 is 5.60 Å². The first-order valence-electron chi connectivity index (χ1n) is 38.3. The van der Waals surface area contributed by atoms with Crippen LogP contribution in [0, 0.1) is 31.6 Å². The number of ketones is 1. The van der Waals surface area contributed by atoms with Crippen molar-refractivity contribution in [3.63, 3.8) is 0 Å². The summed E-state index contributed by atoms with van der Waals surface area (Å²) in [4.78, 5) is 51.9. The molecule has 6 aromatic carbocycles. The smallest absolute Gasteiger partial charge is 0.320 e. The number of Topliss-reactive ketones (excluding diaryl/α,β-unsaturated/α-hetero) is 1. The topological polar surface area (TPSA) is 277 Å². The fourth-order valence-electron chi connectivity index (χ4n) is 16.3. The minimum absolute atomic E-state index is 0.0143. The number of hydrogen-bond acceptors (Lipinski definition) is 13. The van der Waals surface area contributed by atoms with Gasteiger partial charge in [0.1, 0.15) is 28.8 Å². The minimum atomic E-state index is -0.913. The largest absolute Gasteiger partial charge is 0.390 e. The third-order valence-corrected chi connectivity index (χ3v) is 22.0. The van der Waals surface area contributed by atoms with Crippen LogP contribution in [0.3, 0.4) is 0 Å². The van der Waals surface area contributed by atoms with Gasteiger partial charge in [0.15, 0.2) is 5.78 Å². The number of nitrogens with one attached hydrogen (secondary N) is 6. The van der Waals surface area contributed by atoms with Gasteiger partial charge in [-0.05, 0) is 124 Å². The number of ether oxygens (including phenoxy) is 3. The van der Waals surface area contributed by atoms with E-state index in [1.807, 2.05) is 181 Å². The molecule has 24 nitrogen and oxygen atoms in total. The number of carbonyl (C=O) groups is 4. The van der Waals surface area contributed by atoms with E-state index in [1.165, 1.54) is 11.1 Å². The number of methoxy groups -OCH3 is 3. The molecule has 3 aliphatic rings. The maximum absolute atomic E-state index is 13.6. The molecule has 3 fully saturated rings. The molecule has 14 rings (SSSR count). The molecule has 3 saturated carbocycles. The van der Waals surface area contributed by atoms with Gasteiger partial charge in [-0.25, -0.2) is 23.7 Å². The number of aryl methyl sites for hydroxylation is 3. The Labute approximate surface area is 649 Å². The number of carbonyl (C=O) groups excluding carboxylic acids is 4. The monoisotopic (exact) mass is 1500 g/mol. The van der Waals surface area contributed by atoms with E-state index >= 15 is 0 Å². The molecule has 0 saturated heterocycles. The van der Waals surface area contributed by atoms with Crippen LogP contribution < -0.4 is 31.9 Å². The van der Waals surface area contributed by atoms with Crippen LogP contribution in [-0.2, 0) is 35.4 Å². The second-order valence-corrected chi connectivity index (χ2v) is 29.6. The molecule has 6 amide bonds. The Bertz CT molecular complexity index is 4710. The van der Waals surface area contributed by atoms with Crippen LogP contribution in [0.5, 0.6) is 0 Å². The van der Waals surface area contributed by atoms with Gasteiger partial charge in [-0.2, -0.15) is 25.5 Å². The summed E-state index contributed by atoms with van der Waals surface area (Å²) in [6, 6.07) is 58.8. The van der Waals surface area contributed by atoms with Crippen molar-refractivity contribution in [2.75, 3.05) is 57.1 Å². The molecule has 10 atom stereocenters. The van der Waals surface area contributed by atoms with Crippen molar-refractivity contribution >= 4 is 41.3 Å². The zero-order valence-electron chi connectivity index (χ0n) is 65.1. The van der Waals surface area contributed by atoms with Crippen LogP contribution in [-0.4, -0.2) is 143 Å². The second kappa shape index (κ2) is 36.9. The summed E-state index contributed by atoms with van der Waals surface area (Å²) in [6.45, 7) is 9.99. The third kappa shape index (κ3) is 19.5. The van der Waals surface area contributed by atoms with Crippen molar-refractivity contribution < 1.29 is 38.5 Å². The molecule has 7 N–H and O–H groups in total. The van der Waals surface area contributed by atoms with Gasteiger partial charge < -0.3 is 35.3 Å². The van der Waals surface area contributed by atoms with Crippen LogP contribution in [0.2, 0.25) is 0 Å². The van der Waals surface area contributed by atoms with Gasteiger partial charge in [0.05, 0.1) is 35.1 Å². The molecule has 111 heavy (non-hydrogen) atoms. The van der Waals surface area contributed by atoms with Crippen LogP contribution >= 0.6 is 0 Å². The average Bonchev–Trinajstić information content (AvgIpc) is 1.65. The third-order valence-electron chi connectivity index (χ3n) is 22.0. The van der Waals surface area contributed by atoms with E-state index in [1.54, 1.807) is 64.2 Å². The van der Waals surface area contributed by atoms with Gasteiger partial charge in [-0.3, -0.25) is 34.8 Å². The second-order valence-electron chi connectivity index (χ2n) is 29.6. The quantitative estimate of drug-likeness (QED) is 0.0263. The van der Waals surface area contributed by atoms with Crippen molar-refractivity contribution in [3.8, 4) is 45.1 Å². The number of anilines is 3. The number of aromatic nitrogens is 10. The molecule has 3 aliphatic carbocycles. The van der Waals surface area contributed by atoms with Gasteiger partial charge in [0.25, 0.3) is 0 Å². The molecule has 0 bridgehead atoms. The highest BCUT2D eigenvalue weighted by molar-refractivity contribution is 5.96. The first-order chi connectivity index (χ1) is 53.8. The summed E-state index contributed by atoms with van der Waals surface area (Å²) >= 11 is 0. The highest BCUT2D eigenvalue weighted by Crippen LogP contribution is 2.47. The zero-order chi connectivity index (χ0) is 78.1. The number of para-hydroxylation sites is 2. The fraction of sp³-hybridized carbons (Fsp3) is 0.368. The number of urea groups is 3. The molecule has 5 heterocycles. The first-order valence-corrected chi connectivity index (χ1v) is 38.3. The van der Waals surface area contributed by atoms with Crippen LogP contribution in [0.25, 0.3) is 45.1 Å². The predicted molar refractivity (Wildman–Crippen MR) is 433 cm³/mol. The number of nitrogens with zero attached hydrogens (tertiary/aromatic N) is 10. The Hall–Kier alpha value is -11.3. The maximum Gasteiger partial charge on any atom is 0.320 e. The van der Waals surface area contributed by atoms with Gasteiger partial charge >= 0.3 is 18.1 Å². The predicted octanol–water partition coefficient (Wildman–Crippen LogP) is 15.4. The highest BCUT2D eigenvalue weighted by Gasteiger charge is 2.46. The molecule has 5 aromatic heterocycles. The van der Waals surface area contributed by atoms with E-state index in [0.29, 0.717) is 73.1 Å². The molecule has 0 spiro atoms. The van der Waals surface area contributed by atoms with Crippen molar-refractivity contribution in [1.29, 1.82) is 0 Å². The number of rotatable bonds is 25. The average molecular weight is 1500 g/mol. The lowest BCUT2D eigenvalue weighted by Gasteiger charge is -2.25. The van der Waals surface area contributed by atoms with Crippen LogP contribution in [0.4, 0.5) is 31.8 Å². The summed E-state index contributed by atoms with van der Waals surface area (Å²) in [7, 11) is 10.7. The lowest BCUT2D eigenvalue weighted by Crippen LogP contribution is -2.41. The number of aliphatic hydroxyl groups is 1. The van der Waals surface area contributed by atoms with Gasteiger partial charge in [0, 0.05) is 156 Å². The fourth-order valence-corrected chi connectivity index (χ4v) is 16.3. The lowest BCUT2D eigenvalue weighted by molar-refractivity contribution is 0.0119. The first kappa shape index (κ1) is 79.2. The molecule has 0 unspecified atom stereocenters. The number of hydrogen-bond donors (Lipinski definition) is 7. The SMILES string of the molecule is CCC(=O)c1ccc(-c2cc(NC(=O)N[C@@H]3C[C@@H](CCOC)C[C@H]3c3ccccc3)n(C)n2)cc1.COCC[C@@H]1C[C@@H](NC(=O)Nc2c(C)c(-c3cnn(C)c3)nn2-c2ccccc2)[C@H](c2ccccc2)[C@@H]1C.COCC[C@]1(O)C[C@@H](NC(=O)Nc2c(C)c(-c3cnn(C)c3)nn2-c2ccccc2)[C@H](c2ccccc2)C1. The molecule has 0 radical (unpaired) electrons. The van der Waals surface area contributed by atoms with E-state index in [2.05, 4.69) is 103 Å². The Kier molecular flexibility index (Phi) is 26.4. The molecule has 0 aliphatic heterocycles. The Morgan fingerprint density at radius 1 is 0.523 bits per heavy atom. The van der Waals surface area contributed by atoms with Crippen molar-refractivity contribution in [1.82, 2.24) is 64.9 Å². The van der Waals surface area contributed by atoms with E-state index in [0.717, 1.165) is 107 Å². The number of benzene rings is 6. The standard InChI is InChI=1S/C30H36N6O2.C29H34N6O3.C28H34N4O3/c1-20-23(15-16-38-4)17-26(27(20)22-11-7-5-8-12-22)32-30(37)33-29-21(2)28(24-18-31-35(3)19-24)34-36(29)25-13-9-6-10-14-25;1-20-26(22-18-30-34(2)19-22)33-35(23-12-8-5-9-13-23)27(20)32-28(36)31-25-17-29(37,14-15-38-3)16-24(25)21-10-6-4-7-11-21;1-4-26(33)22-12-10-21(11-13-22)24-18-27(32(2)31-24)30-28(34)29-25-17-19(14-15-35-3)16-23(25)20-8-6-5-7-9-20/h5-14,18-20,23,26-27H,15-17H2,1-4H3,(H2,32,33,37);4-13,18-19,24-25,37H,14-17H2,1-3H3,(H2,31,32,36);5-13,18-19,23,25H,4,14-17H2,1-3H3,(H2,29,30,34)/t20-,23-,26-,27+;24-,25+,29+;19-,23-,25+/m100/s1. The zero-order valence-corrected chi connectivity index (χ0v) is 65.1. The van der Waals surface area contributed by atoms with Crippen LogP contribution in [0.1, 0.15) is 128 Å². The van der Waals surface area contributed by atoms with Gasteiger partial charge in [0.2, 0.25) is 0 Å². The van der Waals surface area contributed by atoms with Crippen molar-refractivity contribution in [2.45, 2.75) is 127 Å². The van der Waals surface area contributed by atoms with Crippen molar-refractivity contribution in [2.24, 2.45) is 38.9 Å². The van der Waals surface area contributed by atoms with Gasteiger partial charge in [-0.15, -0.1) is 0 Å². The Balaban J connectivity index is 0.000000155. The Morgan fingerprint density at radius 3 is 1.50 bits per heavy atom. The minimum Gasteiger partial charge on any atom is -0.390 e. The van der Waals surface area contributed by atoms with Crippen molar-refractivity contribution in [3.05, 3.63) is 240 Å². The van der Waals surface area contributed by atoms with Crippen LogP contribution in [0.15, 0.2) is 207 Å². The molecular weight excluding hydrogens is 1400 g/mol. The summed E-state index contributed by atoms with van der Waals surface area (Å²) in [5.74, 6) is 3.84. The molecule has 580 valence electrons. The van der Waals surface area contributed by atoms with E-state index in [4.69, 9.17) is 24.4 Å². The summed E-state index contributed by atoms with van der Waals surface area (Å²) in [6.07, 6.45) is 14.2. The maximum atomic E-state index is 13.6. The van der Waals surface area contributed by atoms with Gasteiger partial charge in [-0.1, -0.05) is 166 Å². The van der Waals surface area contributed by atoms with E-state index in [-0.39, 0.29) is 59.8 Å². The lowest BCUT2D eigenvalue weighted by atomic mass is 9.84. The van der Waals surface area contributed by atoms with E-state index in [9.17, 15) is 24.3 Å². The summed E-state index contributed by atoms with van der Waals surface area (Å²) in [5, 5.41) is 53.0. The number of amides is 6.